The molecule has 0 radical (unpaired) electrons. The van der Waals surface area contributed by atoms with Crippen molar-refractivity contribution in [3.63, 3.8) is 0 Å². The van der Waals surface area contributed by atoms with Gasteiger partial charge in [-0.1, -0.05) is 30.3 Å². The van der Waals surface area contributed by atoms with Gasteiger partial charge in [-0.05, 0) is 19.4 Å². The van der Waals surface area contributed by atoms with E-state index < -0.39 is 0 Å². The molecule has 0 unspecified atom stereocenters. The fourth-order valence-corrected chi connectivity index (χ4v) is 1.92. The van der Waals surface area contributed by atoms with Gasteiger partial charge in [0.15, 0.2) is 0 Å². The molecule has 0 atom stereocenters. The van der Waals surface area contributed by atoms with Crippen LogP contribution in [0.2, 0.25) is 0 Å². The smallest absolute Gasteiger partial charge is 0.318 e. The Bertz CT molecular complexity index is 569. The molecule has 110 valence electrons. The molecule has 5 heteroatoms. The topological polar surface area (TPSA) is 58.1 Å². The molecular formula is C16H20N4O. The number of benzene rings is 1. The molecule has 5 nitrogen and oxygen atoms in total. The Kier molecular flexibility index (Phi) is 5.26. The molecule has 0 saturated heterocycles. The van der Waals surface area contributed by atoms with Gasteiger partial charge in [-0.3, -0.25) is 9.97 Å². The standard InChI is InChI=1S/C16H20N4O/c1-3-20(12-14-7-5-4-6-8-14)16(21)19-11-15-10-17-13(2)9-18-15/h4-10H,3,11-12H2,1-2H3,(H,19,21). The Morgan fingerprint density at radius 3 is 2.57 bits per heavy atom. The second-order valence-corrected chi connectivity index (χ2v) is 4.81. The molecule has 1 aromatic heterocycles. The fraction of sp³-hybridized carbons (Fsp3) is 0.312. The number of amides is 2. The lowest BCUT2D eigenvalue weighted by molar-refractivity contribution is 0.197. The Hall–Kier alpha value is -2.43. The van der Waals surface area contributed by atoms with E-state index in [0.29, 0.717) is 19.6 Å². The number of aromatic nitrogens is 2. The van der Waals surface area contributed by atoms with Crippen LogP contribution in [0.3, 0.4) is 0 Å². The molecule has 2 rings (SSSR count). The first-order chi connectivity index (χ1) is 10.2. The van der Waals surface area contributed by atoms with Crippen molar-refractivity contribution >= 4 is 6.03 Å². The van der Waals surface area contributed by atoms with E-state index in [4.69, 9.17) is 0 Å². The summed E-state index contributed by atoms with van der Waals surface area (Å²) in [4.78, 5) is 22.3. The van der Waals surface area contributed by atoms with Gasteiger partial charge in [0.2, 0.25) is 0 Å². The molecule has 0 fully saturated rings. The first-order valence-electron chi connectivity index (χ1n) is 7.03. The third kappa shape index (κ3) is 4.56. The maximum atomic E-state index is 12.2. The highest BCUT2D eigenvalue weighted by molar-refractivity contribution is 5.74. The monoisotopic (exact) mass is 284 g/mol. The zero-order chi connectivity index (χ0) is 15.1. The summed E-state index contributed by atoms with van der Waals surface area (Å²) >= 11 is 0. The lowest BCUT2D eigenvalue weighted by Crippen LogP contribution is -2.39. The van der Waals surface area contributed by atoms with Crippen molar-refractivity contribution in [2.75, 3.05) is 6.54 Å². The van der Waals surface area contributed by atoms with Crippen LogP contribution in [0.15, 0.2) is 42.7 Å². The van der Waals surface area contributed by atoms with Crippen LogP contribution < -0.4 is 5.32 Å². The van der Waals surface area contributed by atoms with Crippen molar-refractivity contribution < 1.29 is 4.79 Å². The van der Waals surface area contributed by atoms with E-state index in [9.17, 15) is 4.79 Å². The highest BCUT2D eigenvalue weighted by atomic mass is 16.2. The highest BCUT2D eigenvalue weighted by Gasteiger charge is 2.11. The number of carbonyl (C=O) groups excluding carboxylic acids is 1. The predicted octanol–water partition coefficient (Wildman–Crippen LogP) is 2.52. The zero-order valence-electron chi connectivity index (χ0n) is 12.4. The molecule has 21 heavy (non-hydrogen) atoms. The largest absolute Gasteiger partial charge is 0.332 e. The summed E-state index contributed by atoms with van der Waals surface area (Å²) in [5.74, 6) is 0. The Labute approximate surface area is 125 Å². The molecule has 2 amide bonds. The maximum absolute atomic E-state index is 12.2. The number of hydrogen-bond acceptors (Lipinski definition) is 3. The molecule has 0 spiro atoms. The minimum Gasteiger partial charge on any atom is -0.332 e. The van der Waals surface area contributed by atoms with Crippen LogP contribution in [0, 0.1) is 6.92 Å². The van der Waals surface area contributed by atoms with Crippen LogP contribution in [0.25, 0.3) is 0 Å². The van der Waals surface area contributed by atoms with E-state index in [1.165, 1.54) is 0 Å². The minimum absolute atomic E-state index is 0.0938. The van der Waals surface area contributed by atoms with Crippen LogP contribution in [0.4, 0.5) is 4.79 Å². The van der Waals surface area contributed by atoms with Gasteiger partial charge in [0.25, 0.3) is 0 Å². The van der Waals surface area contributed by atoms with Gasteiger partial charge in [0, 0.05) is 19.3 Å². The molecule has 1 aromatic carbocycles. The first kappa shape index (κ1) is 15.0. The first-order valence-corrected chi connectivity index (χ1v) is 7.03. The molecule has 0 aliphatic heterocycles. The summed E-state index contributed by atoms with van der Waals surface area (Å²) in [7, 11) is 0. The van der Waals surface area contributed by atoms with Gasteiger partial charge >= 0.3 is 6.03 Å². The average molecular weight is 284 g/mol. The number of nitrogens with zero attached hydrogens (tertiary/aromatic N) is 3. The Morgan fingerprint density at radius 2 is 1.95 bits per heavy atom. The molecule has 2 aromatic rings. The number of carbonyl (C=O) groups is 1. The van der Waals surface area contributed by atoms with Crippen molar-refractivity contribution in [2.45, 2.75) is 26.9 Å². The summed E-state index contributed by atoms with van der Waals surface area (Å²) in [5, 5.41) is 2.87. The van der Waals surface area contributed by atoms with Crippen LogP contribution in [0.5, 0.6) is 0 Å². The van der Waals surface area contributed by atoms with E-state index in [2.05, 4.69) is 15.3 Å². The molecule has 0 saturated carbocycles. The summed E-state index contributed by atoms with van der Waals surface area (Å²) in [6.45, 7) is 5.49. The molecule has 1 N–H and O–H groups in total. The van der Waals surface area contributed by atoms with Crippen molar-refractivity contribution in [3.8, 4) is 0 Å². The summed E-state index contributed by atoms with van der Waals surface area (Å²) < 4.78 is 0. The van der Waals surface area contributed by atoms with E-state index in [0.717, 1.165) is 17.0 Å². The lowest BCUT2D eigenvalue weighted by atomic mass is 10.2. The van der Waals surface area contributed by atoms with Gasteiger partial charge in [0.1, 0.15) is 0 Å². The minimum atomic E-state index is -0.0938. The third-order valence-corrected chi connectivity index (χ3v) is 3.14. The van der Waals surface area contributed by atoms with Crippen molar-refractivity contribution in [2.24, 2.45) is 0 Å². The van der Waals surface area contributed by atoms with Gasteiger partial charge in [0.05, 0.1) is 24.1 Å². The average Bonchev–Trinajstić information content (AvgIpc) is 2.52. The Balaban J connectivity index is 1.89. The van der Waals surface area contributed by atoms with Gasteiger partial charge < -0.3 is 10.2 Å². The second-order valence-electron chi connectivity index (χ2n) is 4.81. The van der Waals surface area contributed by atoms with Crippen molar-refractivity contribution in [3.05, 3.63) is 59.7 Å². The number of aryl methyl sites for hydroxylation is 1. The van der Waals surface area contributed by atoms with Gasteiger partial charge in [-0.15, -0.1) is 0 Å². The molecule has 0 aliphatic rings. The highest BCUT2D eigenvalue weighted by Crippen LogP contribution is 2.04. The molecular weight excluding hydrogens is 264 g/mol. The van der Waals surface area contributed by atoms with E-state index in [1.54, 1.807) is 17.3 Å². The SMILES string of the molecule is CCN(Cc1ccccc1)C(=O)NCc1cnc(C)cn1. The van der Waals surface area contributed by atoms with Crippen molar-refractivity contribution in [1.29, 1.82) is 0 Å². The third-order valence-electron chi connectivity index (χ3n) is 3.14. The van der Waals surface area contributed by atoms with E-state index in [-0.39, 0.29) is 6.03 Å². The zero-order valence-corrected chi connectivity index (χ0v) is 12.4. The molecule has 0 aliphatic carbocycles. The predicted molar refractivity (Wildman–Crippen MR) is 81.5 cm³/mol. The number of nitrogens with one attached hydrogen (secondary N) is 1. The fourth-order valence-electron chi connectivity index (χ4n) is 1.92. The van der Waals surface area contributed by atoms with Gasteiger partial charge in [-0.2, -0.15) is 0 Å². The lowest BCUT2D eigenvalue weighted by Gasteiger charge is -2.21. The van der Waals surface area contributed by atoms with E-state index in [1.807, 2.05) is 44.2 Å². The van der Waals surface area contributed by atoms with Crippen molar-refractivity contribution in [1.82, 2.24) is 20.2 Å². The normalized spacial score (nSPS) is 10.2. The quantitative estimate of drug-likeness (QED) is 0.917. The summed E-state index contributed by atoms with van der Waals surface area (Å²) in [6.07, 6.45) is 3.38. The summed E-state index contributed by atoms with van der Waals surface area (Å²) in [6, 6.07) is 9.86. The number of hydrogen-bond donors (Lipinski definition) is 1. The Morgan fingerprint density at radius 1 is 1.19 bits per heavy atom. The molecule has 1 heterocycles. The van der Waals surface area contributed by atoms with E-state index >= 15 is 0 Å². The molecule has 0 bridgehead atoms. The van der Waals surface area contributed by atoms with Crippen LogP contribution in [-0.2, 0) is 13.1 Å². The van der Waals surface area contributed by atoms with Crippen LogP contribution >= 0.6 is 0 Å². The van der Waals surface area contributed by atoms with Crippen LogP contribution in [0.1, 0.15) is 23.9 Å². The van der Waals surface area contributed by atoms with Gasteiger partial charge in [-0.25, -0.2) is 4.79 Å². The second kappa shape index (κ2) is 7.38. The van der Waals surface area contributed by atoms with Crippen LogP contribution in [-0.4, -0.2) is 27.4 Å². The number of urea groups is 1. The maximum Gasteiger partial charge on any atom is 0.318 e. The number of rotatable bonds is 5. The summed E-state index contributed by atoms with van der Waals surface area (Å²) in [5.41, 5.74) is 2.73.